The lowest BCUT2D eigenvalue weighted by Gasteiger charge is -2.20. The van der Waals surface area contributed by atoms with Gasteiger partial charge in [0.15, 0.2) is 11.5 Å². The number of amides is 1. The quantitative estimate of drug-likeness (QED) is 0.851. The molecule has 2 heterocycles. The van der Waals surface area contributed by atoms with E-state index in [4.69, 9.17) is 26.3 Å². The number of carbonyl (C=O) groups excluding carboxylic acids is 1. The van der Waals surface area contributed by atoms with Crippen LogP contribution in [-0.4, -0.2) is 30.6 Å². The molecule has 0 bridgehead atoms. The van der Waals surface area contributed by atoms with Crippen molar-refractivity contribution in [3.8, 4) is 28.7 Å². The summed E-state index contributed by atoms with van der Waals surface area (Å²) in [5, 5.41) is 11.5. The van der Waals surface area contributed by atoms with Crippen LogP contribution >= 0.6 is 11.6 Å². The Labute approximate surface area is 131 Å². The molecule has 0 unspecified atom stereocenters. The number of aromatic amines is 1. The molecule has 112 valence electrons. The van der Waals surface area contributed by atoms with Gasteiger partial charge in [-0.1, -0.05) is 11.6 Å². The van der Waals surface area contributed by atoms with E-state index in [0.29, 0.717) is 40.9 Å². The molecule has 3 rings (SSSR count). The van der Waals surface area contributed by atoms with Crippen molar-refractivity contribution in [2.45, 2.75) is 0 Å². The molecule has 0 saturated heterocycles. The molecule has 0 radical (unpaired) electrons. The second-order valence-electron chi connectivity index (χ2n) is 4.61. The first-order valence-corrected chi connectivity index (χ1v) is 7.00. The average molecular weight is 318 g/mol. The lowest BCUT2D eigenvalue weighted by Crippen LogP contribution is -2.23. The summed E-state index contributed by atoms with van der Waals surface area (Å²) in [7, 11) is 0. The first-order valence-electron chi connectivity index (χ1n) is 6.62. The summed E-state index contributed by atoms with van der Waals surface area (Å²) in [6, 6.07) is 5.37. The maximum absolute atomic E-state index is 12.1. The highest BCUT2D eigenvalue weighted by molar-refractivity contribution is 6.32. The van der Waals surface area contributed by atoms with Crippen LogP contribution in [0.4, 0.5) is 0 Å². The van der Waals surface area contributed by atoms with Crippen molar-refractivity contribution in [3.05, 3.63) is 35.1 Å². The summed E-state index contributed by atoms with van der Waals surface area (Å²) in [6.07, 6.45) is 3.27. The molecule has 2 aromatic rings. The van der Waals surface area contributed by atoms with Crippen molar-refractivity contribution < 1.29 is 14.3 Å². The minimum atomic E-state index is -0.330. The fourth-order valence-electron chi connectivity index (χ4n) is 2.27. The Bertz CT molecular complexity index is 764. The Morgan fingerprint density at radius 1 is 1.36 bits per heavy atom. The molecule has 1 aromatic heterocycles. The number of carbonyl (C=O) groups is 1. The van der Waals surface area contributed by atoms with E-state index in [2.05, 4.69) is 10.3 Å². The van der Waals surface area contributed by atoms with Crippen molar-refractivity contribution >= 4 is 17.5 Å². The van der Waals surface area contributed by atoms with E-state index in [9.17, 15) is 4.79 Å². The zero-order valence-corrected chi connectivity index (χ0v) is 12.2. The molecule has 1 aromatic carbocycles. The van der Waals surface area contributed by atoms with Gasteiger partial charge in [-0.15, -0.1) is 0 Å². The number of fused-ring (bicyclic) bond motifs is 1. The Morgan fingerprint density at radius 2 is 2.18 bits per heavy atom. The normalized spacial score (nSPS) is 12.5. The smallest absolute Gasteiger partial charge is 0.254 e. The van der Waals surface area contributed by atoms with Crippen LogP contribution in [0.25, 0.3) is 11.1 Å². The molecule has 7 heteroatoms. The highest BCUT2D eigenvalue weighted by Gasteiger charge is 2.20. The second-order valence-corrected chi connectivity index (χ2v) is 5.01. The van der Waals surface area contributed by atoms with Gasteiger partial charge in [-0.2, -0.15) is 5.26 Å². The number of H-pyrrole nitrogens is 1. The van der Waals surface area contributed by atoms with Crippen molar-refractivity contribution in [1.82, 2.24) is 10.3 Å². The number of halogens is 1. The number of aromatic nitrogens is 1. The fraction of sp³-hybridized carbons (Fsp3) is 0.200. The number of benzene rings is 1. The van der Waals surface area contributed by atoms with Gasteiger partial charge in [-0.05, 0) is 17.7 Å². The summed E-state index contributed by atoms with van der Waals surface area (Å²) in [6.45, 7) is 0.860. The minimum Gasteiger partial charge on any atom is -0.486 e. The molecule has 0 aliphatic carbocycles. The topological polar surface area (TPSA) is 87.1 Å². The molecule has 0 saturated carbocycles. The number of nitriles is 1. The molecular weight excluding hydrogens is 306 g/mol. The number of rotatable bonds is 3. The van der Waals surface area contributed by atoms with Crippen molar-refractivity contribution in [2.24, 2.45) is 0 Å². The highest BCUT2D eigenvalue weighted by atomic mass is 35.5. The van der Waals surface area contributed by atoms with Crippen LogP contribution in [-0.2, 0) is 0 Å². The number of nitrogens with zero attached hydrogens (tertiary/aromatic N) is 1. The zero-order valence-electron chi connectivity index (χ0n) is 11.5. The van der Waals surface area contributed by atoms with E-state index in [-0.39, 0.29) is 12.5 Å². The van der Waals surface area contributed by atoms with E-state index in [0.717, 1.165) is 5.56 Å². The highest BCUT2D eigenvalue weighted by Crippen LogP contribution is 2.41. The molecule has 0 fully saturated rings. The van der Waals surface area contributed by atoms with Gasteiger partial charge >= 0.3 is 0 Å². The van der Waals surface area contributed by atoms with Gasteiger partial charge in [-0.3, -0.25) is 4.79 Å². The van der Waals surface area contributed by atoms with Crippen LogP contribution in [0.3, 0.4) is 0 Å². The third-order valence-electron chi connectivity index (χ3n) is 3.23. The van der Waals surface area contributed by atoms with E-state index in [1.807, 2.05) is 6.07 Å². The predicted molar refractivity (Wildman–Crippen MR) is 80.2 cm³/mol. The summed E-state index contributed by atoms with van der Waals surface area (Å²) in [5.41, 5.74) is 1.84. The maximum Gasteiger partial charge on any atom is 0.254 e. The van der Waals surface area contributed by atoms with Gasteiger partial charge in [-0.25, -0.2) is 0 Å². The molecule has 0 atom stereocenters. The van der Waals surface area contributed by atoms with Crippen molar-refractivity contribution in [1.29, 1.82) is 5.26 Å². The van der Waals surface area contributed by atoms with Gasteiger partial charge in [0.05, 0.1) is 16.7 Å². The van der Waals surface area contributed by atoms with Crippen LogP contribution in [0.15, 0.2) is 24.5 Å². The summed E-state index contributed by atoms with van der Waals surface area (Å²) >= 11 is 6.22. The Balaban J connectivity index is 1.99. The molecular formula is C15H12ClN3O3. The second kappa shape index (κ2) is 6.00. The Morgan fingerprint density at radius 3 is 3.00 bits per heavy atom. The van der Waals surface area contributed by atoms with Gasteiger partial charge in [0.1, 0.15) is 19.8 Å². The molecule has 22 heavy (non-hydrogen) atoms. The summed E-state index contributed by atoms with van der Waals surface area (Å²) in [5.74, 6) is 0.741. The minimum absolute atomic E-state index is 0.0502. The Kier molecular flexibility index (Phi) is 3.90. The zero-order chi connectivity index (χ0) is 15.5. The van der Waals surface area contributed by atoms with Crippen LogP contribution in [0.1, 0.15) is 10.4 Å². The third kappa shape index (κ3) is 2.59. The van der Waals surface area contributed by atoms with Gasteiger partial charge in [0, 0.05) is 18.0 Å². The molecule has 1 amide bonds. The van der Waals surface area contributed by atoms with Gasteiger partial charge in [0.2, 0.25) is 0 Å². The first-order chi connectivity index (χ1) is 10.7. The number of hydrogen-bond acceptors (Lipinski definition) is 4. The van der Waals surface area contributed by atoms with Gasteiger partial charge in [0.25, 0.3) is 5.91 Å². The van der Waals surface area contributed by atoms with Gasteiger partial charge < -0.3 is 19.8 Å². The van der Waals surface area contributed by atoms with E-state index in [1.165, 1.54) is 0 Å². The molecule has 1 aliphatic rings. The standard InChI is InChI=1S/C15H12ClN3O3/c16-12-5-9(6-13-14(12)22-4-3-21-13)10-7-18-8-11(10)15(20)19-2-1-17/h5-8,18H,2-4H2,(H,19,20). The number of ether oxygens (including phenoxy) is 2. The maximum atomic E-state index is 12.1. The number of hydrogen-bond donors (Lipinski definition) is 2. The van der Waals surface area contributed by atoms with E-state index in [1.54, 1.807) is 24.5 Å². The monoisotopic (exact) mass is 317 g/mol. The Hall–Kier alpha value is -2.65. The molecule has 1 aliphatic heterocycles. The van der Waals surface area contributed by atoms with Crippen LogP contribution in [0, 0.1) is 11.3 Å². The van der Waals surface area contributed by atoms with Crippen LogP contribution < -0.4 is 14.8 Å². The lowest BCUT2D eigenvalue weighted by atomic mass is 10.0. The fourth-order valence-corrected chi connectivity index (χ4v) is 2.54. The predicted octanol–water partition coefficient (Wildman–Crippen LogP) is 2.36. The van der Waals surface area contributed by atoms with Crippen molar-refractivity contribution in [2.75, 3.05) is 19.8 Å². The summed E-state index contributed by atoms with van der Waals surface area (Å²) < 4.78 is 11.0. The largest absolute Gasteiger partial charge is 0.486 e. The van der Waals surface area contributed by atoms with Crippen LogP contribution in [0.2, 0.25) is 5.02 Å². The number of nitrogens with one attached hydrogen (secondary N) is 2. The third-order valence-corrected chi connectivity index (χ3v) is 3.51. The van der Waals surface area contributed by atoms with Crippen LogP contribution in [0.5, 0.6) is 11.5 Å². The SMILES string of the molecule is N#CCNC(=O)c1c[nH]cc1-c1cc(Cl)c2c(c1)OCCO2. The van der Waals surface area contributed by atoms with E-state index >= 15 is 0 Å². The van der Waals surface area contributed by atoms with E-state index < -0.39 is 0 Å². The lowest BCUT2D eigenvalue weighted by molar-refractivity contribution is 0.0959. The molecule has 2 N–H and O–H groups in total. The first kappa shape index (κ1) is 14.3. The molecule has 6 nitrogen and oxygen atoms in total. The average Bonchev–Trinajstić information content (AvgIpc) is 3.02. The van der Waals surface area contributed by atoms with Crippen molar-refractivity contribution in [3.63, 3.8) is 0 Å². The molecule has 0 spiro atoms. The summed E-state index contributed by atoms with van der Waals surface area (Å²) in [4.78, 5) is 15.0.